The minimum Gasteiger partial charge on any atom is -0.390 e. The molecule has 2 heterocycles. The summed E-state index contributed by atoms with van der Waals surface area (Å²) in [5, 5.41) is 15.9. The van der Waals surface area contributed by atoms with Crippen LogP contribution in [0.25, 0.3) is 0 Å². The van der Waals surface area contributed by atoms with Gasteiger partial charge in [0.25, 0.3) is 0 Å². The number of nitrogens with one attached hydrogen (secondary N) is 1. The van der Waals surface area contributed by atoms with Crippen molar-refractivity contribution in [3.63, 3.8) is 0 Å². The Hall–Kier alpha value is -1.65. The third kappa shape index (κ3) is 4.90. The number of aliphatic hydroxyl groups is 1. The Morgan fingerprint density at radius 2 is 1.76 bits per heavy atom. The van der Waals surface area contributed by atoms with Gasteiger partial charge in [0.1, 0.15) is 11.6 Å². The Morgan fingerprint density at radius 1 is 1.04 bits per heavy atom. The first-order chi connectivity index (χ1) is 23.2. The third-order valence-corrected chi connectivity index (χ3v) is 16.2. The van der Waals surface area contributed by atoms with Crippen LogP contribution in [0.4, 0.5) is 8.78 Å². The van der Waals surface area contributed by atoms with Gasteiger partial charge >= 0.3 is 0 Å². The minimum absolute atomic E-state index is 0.00272. The van der Waals surface area contributed by atoms with Crippen LogP contribution < -0.4 is 5.32 Å². The number of rotatable bonds is 6. The average Bonchev–Trinajstić information content (AvgIpc) is 3.67. The van der Waals surface area contributed by atoms with Crippen molar-refractivity contribution in [2.45, 2.75) is 130 Å². The fourth-order valence-corrected chi connectivity index (χ4v) is 14.0. The summed E-state index contributed by atoms with van der Waals surface area (Å²) in [6, 6.07) is 3.64. The molecule has 2 aliphatic heterocycles. The van der Waals surface area contributed by atoms with E-state index >= 15 is 0 Å². The third-order valence-electron chi connectivity index (χ3n) is 16.2. The Labute approximate surface area is 291 Å². The average molecular weight is 685 g/mol. The fraction of sp³-hybridized carbons (Fsp3) is 0.825. The fourth-order valence-electron chi connectivity index (χ4n) is 14.0. The van der Waals surface area contributed by atoms with Gasteiger partial charge in [-0.15, -0.1) is 0 Å². The van der Waals surface area contributed by atoms with Crippen LogP contribution in [0.3, 0.4) is 0 Å². The molecule has 2 spiro atoms. The number of hydrogen-bond acceptors (Lipinski definition) is 6. The molecule has 1 aromatic carbocycles. The number of morpholine rings is 1. The second kappa shape index (κ2) is 11.7. The maximum Gasteiger partial charge on any atom is 0.219 e. The molecule has 5 saturated carbocycles. The molecule has 7 fully saturated rings. The number of fused-ring (bicyclic) bond motifs is 4. The SMILES string of the molecule is CC(=O)N1CCOC(OC2CCC34CC35CCC3(C)C6C(C)CC(CNCc7cc(F)cc(F)c7)OC6C(O)C3(C)C5CCC4C2(C)C)C1. The van der Waals surface area contributed by atoms with Gasteiger partial charge in [-0.25, -0.2) is 8.78 Å². The Kier molecular flexibility index (Phi) is 8.21. The first kappa shape index (κ1) is 34.4. The standard InChI is InChI=1S/C40H58F2N2O5/c1-23-15-28(20-43-19-25-16-26(41)18-27(42)17-25)48-34-33(23)37(5)11-12-40-22-39(40)10-9-31(49-32-21-44(24(2)45)13-14-47-32)36(3,4)29(39)7-8-30(40)38(37,6)35(34)46/h16-18,23,28-35,43,46H,7-15,19-22H2,1-6H3. The Bertz CT molecular complexity index is 1460. The molecule has 2 saturated heterocycles. The van der Waals surface area contributed by atoms with E-state index in [1.54, 1.807) is 6.92 Å². The zero-order valence-corrected chi connectivity index (χ0v) is 30.4. The van der Waals surface area contributed by atoms with Gasteiger partial charge in [0.05, 0.1) is 37.6 Å². The van der Waals surface area contributed by atoms with E-state index in [1.807, 2.05) is 4.90 Å². The quantitative estimate of drug-likeness (QED) is 0.359. The minimum atomic E-state index is -0.564. The van der Waals surface area contributed by atoms with Gasteiger partial charge in [-0.05, 0) is 114 Å². The number of carbonyl (C=O) groups is 1. The molecule has 7 nitrogen and oxygen atoms in total. The van der Waals surface area contributed by atoms with Gasteiger partial charge in [-0.3, -0.25) is 4.79 Å². The number of halogens is 2. The van der Waals surface area contributed by atoms with Crippen molar-refractivity contribution in [3.8, 4) is 0 Å². The molecule has 0 aromatic heterocycles. The second-order valence-corrected chi connectivity index (χ2v) is 18.4. The molecule has 13 atom stereocenters. The van der Waals surface area contributed by atoms with E-state index in [0.717, 1.165) is 44.6 Å². The summed E-state index contributed by atoms with van der Waals surface area (Å²) in [6.07, 6.45) is 7.95. The lowest BCUT2D eigenvalue weighted by Crippen LogP contribution is -2.60. The molecule has 9 heteroatoms. The van der Waals surface area contributed by atoms with Crippen molar-refractivity contribution in [1.29, 1.82) is 0 Å². The molecule has 5 aliphatic carbocycles. The monoisotopic (exact) mass is 684 g/mol. The predicted molar refractivity (Wildman–Crippen MR) is 181 cm³/mol. The van der Waals surface area contributed by atoms with Crippen molar-refractivity contribution in [2.24, 2.45) is 50.7 Å². The van der Waals surface area contributed by atoms with Crippen LogP contribution in [0.5, 0.6) is 0 Å². The van der Waals surface area contributed by atoms with Gasteiger partial charge in [-0.1, -0.05) is 34.6 Å². The maximum atomic E-state index is 13.7. The highest BCUT2D eigenvalue weighted by atomic mass is 19.1. The molecule has 49 heavy (non-hydrogen) atoms. The van der Waals surface area contributed by atoms with Gasteiger partial charge in [0.15, 0.2) is 6.29 Å². The van der Waals surface area contributed by atoms with Crippen LogP contribution in [0.15, 0.2) is 18.2 Å². The first-order valence-electron chi connectivity index (χ1n) is 19.2. The van der Waals surface area contributed by atoms with Crippen LogP contribution in [0.1, 0.15) is 98.5 Å². The number of benzene rings is 1. The van der Waals surface area contributed by atoms with Crippen LogP contribution in [0, 0.1) is 62.4 Å². The zero-order chi connectivity index (χ0) is 34.7. The second-order valence-electron chi connectivity index (χ2n) is 18.4. The van der Waals surface area contributed by atoms with Gasteiger partial charge < -0.3 is 29.5 Å². The molecule has 8 rings (SSSR count). The van der Waals surface area contributed by atoms with E-state index in [9.17, 15) is 18.7 Å². The molecule has 7 aliphatic rings. The van der Waals surface area contributed by atoms with Gasteiger partial charge in [0.2, 0.25) is 5.91 Å². The zero-order valence-electron chi connectivity index (χ0n) is 30.4. The van der Waals surface area contributed by atoms with E-state index in [1.165, 1.54) is 25.0 Å². The van der Waals surface area contributed by atoms with E-state index in [2.05, 4.69) is 39.9 Å². The van der Waals surface area contributed by atoms with Crippen molar-refractivity contribution < 1.29 is 32.9 Å². The molecule has 1 aromatic rings. The largest absolute Gasteiger partial charge is 0.390 e. The van der Waals surface area contributed by atoms with Gasteiger partial charge in [0, 0.05) is 38.0 Å². The molecular weight excluding hydrogens is 626 g/mol. The van der Waals surface area contributed by atoms with Gasteiger partial charge in [-0.2, -0.15) is 0 Å². The van der Waals surface area contributed by atoms with Crippen molar-refractivity contribution in [3.05, 3.63) is 35.4 Å². The summed E-state index contributed by atoms with van der Waals surface area (Å²) in [4.78, 5) is 13.9. The molecular formula is C40H58F2N2O5. The van der Waals surface area contributed by atoms with Crippen molar-refractivity contribution in [2.75, 3.05) is 26.2 Å². The van der Waals surface area contributed by atoms with Crippen LogP contribution >= 0.6 is 0 Å². The summed E-state index contributed by atoms with van der Waals surface area (Å²) >= 11 is 0. The highest BCUT2D eigenvalue weighted by molar-refractivity contribution is 5.73. The van der Waals surface area contributed by atoms with E-state index in [0.29, 0.717) is 67.4 Å². The smallest absolute Gasteiger partial charge is 0.219 e. The summed E-state index contributed by atoms with van der Waals surface area (Å²) in [7, 11) is 0. The van der Waals surface area contributed by atoms with Crippen molar-refractivity contribution in [1.82, 2.24) is 10.2 Å². The molecule has 272 valence electrons. The van der Waals surface area contributed by atoms with E-state index < -0.39 is 17.7 Å². The van der Waals surface area contributed by atoms with Crippen LogP contribution in [-0.2, 0) is 25.5 Å². The predicted octanol–water partition coefficient (Wildman–Crippen LogP) is 6.46. The highest BCUT2D eigenvalue weighted by Gasteiger charge is 2.84. The summed E-state index contributed by atoms with van der Waals surface area (Å²) in [6.45, 7) is 16.3. The lowest BCUT2D eigenvalue weighted by atomic mass is 9.41. The highest BCUT2D eigenvalue weighted by Crippen LogP contribution is 2.89. The van der Waals surface area contributed by atoms with Crippen molar-refractivity contribution >= 4 is 5.91 Å². The number of aliphatic hydroxyl groups excluding tert-OH is 1. The van der Waals surface area contributed by atoms with Crippen LogP contribution in [0.2, 0.25) is 0 Å². The lowest BCUT2D eigenvalue weighted by Gasteiger charge is -2.64. The normalized spacial score (nSPS) is 48.1. The number of hydrogen-bond donors (Lipinski definition) is 2. The van der Waals surface area contributed by atoms with E-state index in [-0.39, 0.29) is 52.2 Å². The summed E-state index contributed by atoms with van der Waals surface area (Å²) < 4.78 is 47.1. The number of nitrogens with zero attached hydrogens (tertiary/aromatic N) is 1. The number of amides is 1. The summed E-state index contributed by atoms with van der Waals surface area (Å²) in [5.41, 5.74) is 0.902. The number of ether oxygens (including phenoxy) is 3. The lowest BCUT2D eigenvalue weighted by molar-refractivity contribution is -0.247. The van der Waals surface area contributed by atoms with Crippen LogP contribution in [-0.4, -0.2) is 72.9 Å². The number of carbonyl (C=O) groups excluding carboxylic acids is 1. The van der Waals surface area contributed by atoms with E-state index in [4.69, 9.17) is 14.2 Å². The molecule has 0 bridgehead atoms. The molecule has 0 radical (unpaired) electrons. The molecule has 2 N–H and O–H groups in total. The molecule has 13 unspecified atom stereocenters. The maximum absolute atomic E-state index is 13.7. The Balaban J connectivity index is 0.980. The first-order valence-corrected chi connectivity index (χ1v) is 19.2. The summed E-state index contributed by atoms with van der Waals surface area (Å²) in [5.74, 6) is 0.686. The molecule has 1 amide bonds. The Morgan fingerprint density at radius 3 is 2.49 bits per heavy atom. The topological polar surface area (TPSA) is 80.3 Å².